The highest BCUT2D eigenvalue weighted by molar-refractivity contribution is 6.30. The fourth-order valence-electron chi connectivity index (χ4n) is 2.99. The number of halogens is 1. The molecular formula is C16H22ClNO4. The van der Waals surface area contributed by atoms with Crippen LogP contribution in [0.4, 0.5) is 0 Å². The Labute approximate surface area is 135 Å². The van der Waals surface area contributed by atoms with Gasteiger partial charge >= 0.3 is 5.97 Å². The maximum Gasteiger partial charge on any atom is 0.305 e. The molecule has 0 spiro atoms. The van der Waals surface area contributed by atoms with Gasteiger partial charge in [-0.25, -0.2) is 0 Å². The van der Waals surface area contributed by atoms with Crippen LogP contribution in [-0.2, 0) is 19.7 Å². The van der Waals surface area contributed by atoms with E-state index in [1.165, 1.54) is 0 Å². The zero-order chi connectivity index (χ0) is 16.2. The highest BCUT2D eigenvalue weighted by atomic mass is 35.5. The van der Waals surface area contributed by atoms with Crippen LogP contribution in [0.25, 0.3) is 0 Å². The zero-order valence-electron chi connectivity index (χ0n) is 12.7. The second-order valence-electron chi connectivity index (χ2n) is 5.80. The van der Waals surface area contributed by atoms with Crippen molar-refractivity contribution in [2.75, 3.05) is 26.9 Å². The first kappa shape index (κ1) is 17.2. The van der Waals surface area contributed by atoms with Gasteiger partial charge < -0.3 is 20.3 Å². The number of nitrogens with two attached hydrogens (primary N) is 1. The minimum absolute atomic E-state index is 0.125. The van der Waals surface area contributed by atoms with Crippen molar-refractivity contribution < 1.29 is 19.4 Å². The number of carbonyl (C=O) groups is 1. The van der Waals surface area contributed by atoms with Crippen molar-refractivity contribution in [3.8, 4) is 0 Å². The third kappa shape index (κ3) is 3.98. The average Bonchev–Trinajstić information content (AvgIpc) is 2.47. The van der Waals surface area contributed by atoms with E-state index >= 15 is 0 Å². The van der Waals surface area contributed by atoms with Gasteiger partial charge in [-0.05, 0) is 36.1 Å². The monoisotopic (exact) mass is 327 g/mol. The highest BCUT2D eigenvalue weighted by Gasteiger charge is 2.35. The number of methoxy groups -OCH3 is 1. The molecular weight excluding hydrogens is 306 g/mol. The second-order valence-corrected chi connectivity index (χ2v) is 6.24. The maximum atomic E-state index is 10.9. The van der Waals surface area contributed by atoms with E-state index in [2.05, 4.69) is 0 Å². The first-order chi connectivity index (χ1) is 10.5. The molecule has 0 aromatic heterocycles. The van der Waals surface area contributed by atoms with Gasteiger partial charge in [0.05, 0.1) is 13.0 Å². The molecule has 0 bridgehead atoms. The molecule has 6 heteroatoms. The minimum atomic E-state index is -0.924. The van der Waals surface area contributed by atoms with E-state index in [-0.39, 0.29) is 11.8 Å². The number of rotatable bonds is 6. The molecule has 1 fully saturated rings. The summed E-state index contributed by atoms with van der Waals surface area (Å²) in [5.41, 5.74) is 7.61. The van der Waals surface area contributed by atoms with Crippen LogP contribution in [0, 0.1) is 0 Å². The van der Waals surface area contributed by atoms with Crippen LogP contribution in [0.15, 0.2) is 18.2 Å². The SMILES string of the molecule is COCC1(c2cc(Cl)cc([C@@H](N)CC(=O)O)c2)CCOCC1. The summed E-state index contributed by atoms with van der Waals surface area (Å²) in [7, 11) is 1.68. The lowest BCUT2D eigenvalue weighted by Crippen LogP contribution is -2.38. The molecule has 5 nitrogen and oxygen atoms in total. The maximum absolute atomic E-state index is 10.9. The molecule has 0 saturated carbocycles. The van der Waals surface area contributed by atoms with Gasteiger partial charge in [0.2, 0.25) is 0 Å². The first-order valence-corrected chi connectivity index (χ1v) is 7.70. The van der Waals surface area contributed by atoms with Crippen LogP contribution >= 0.6 is 11.6 Å². The number of carboxylic acids is 1. The number of carboxylic acid groups (broad SMARTS) is 1. The Morgan fingerprint density at radius 3 is 2.73 bits per heavy atom. The molecule has 1 aliphatic rings. The van der Waals surface area contributed by atoms with Crippen molar-refractivity contribution in [3.05, 3.63) is 34.3 Å². The van der Waals surface area contributed by atoms with Crippen molar-refractivity contribution in [2.45, 2.75) is 30.7 Å². The molecule has 3 N–H and O–H groups in total. The Morgan fingerprint density at radius 1 is 1.45 bits per heavy atom. The van der Waals surface area contributed by atoms with Crippen molar-refractivity contribution in [3.63, 3.8) is 0 Å². The molecule has 0 amide bonds. The lowest BCUT2D eigenvalue weighted by molar-refractivity contribution is -0.137. The van der Waals surface area contributed by atoms with Gasteiger partial charge in [0.25, 0.3) is 0 Å². The van der Waals surface area contributed by atoms with Gasteiger partial charge in [0.15, 0.2) is 0 Å². The quantitative estimate of drug-likeness (QED) is 0.839. The summed E-state index contributed by atoms with van der Waals surface area (Å²) < 4.78 is 10.9. The normalized spacial score (nSPS) is 18.9. The summed E-state index contributed by atoms with van der Waals surface area (Å²) in [4.78, 5) is 10.9. The summed E-state index contributed by atoms with van der Waals surface area (Å²) >= 11 is 6.24. The molecule has 1 saturated heterocycles. The van der Waals surface area contributed by atoms with Gasteiger partial charge in [0, 0.05) is 36.8 Å². The summed E-state index contributed by atoms with van der Waals surface area (Å²) in [6.07, 6.45) is 1.56. The predicted molar refractivity (Wildman–Crippen MR) is 84.2 cm³/mol. The number of hydrogen-bond donors (Lipinski definition) is 2. The van der Waals surface area contributed by atoms with Crippen LogP contribution in [0.5, 0.6) is 0 Å². The molecule has 1 aromatic rings. The molecule has 0 aliphatic carbocycles. The largest absolute Gasteiger partial charge is 0.481 e. The average molecular weight is 328 g/mol. The minimum Gasteiger partial charge on any atom is -0.481 e. The zero-order valence-corrected chi connectivity index (χ0v) is 13.4. The standard InChI is InChI=1S/C16H22ClNO4/c1-21-10-16(2-4-22-5-3-16)12-6-11(7-13(17)8-12)14(18)9-15(19)20/h6-8,14H,2-5,9-10,18H2,1H3,(H,19,20)/t14-/m0/s1. The van der Waals surface area contributed by atoms with E-state index < -0.39 is 12.0 Å². The molecule has 22 heavy (non-hydrogen) atoms. The Hall–Kier alpha value is -1.14. The first-order valence-electron chi connectivity index (χ1n) is 7.32. The number of hydrogen-bond acceptors (Lipinski definition) is 4. The van der Waals surface area contributed by atoms with Gasteiger partial charge in [-0.1, -0.05) is 17.7 Å². The van der Waals surface area contributed by atoms with Crippen LogP contribution in [-0.4, -0.2) is 38.0 Å². The molecule has 122 valence electrons. The Bertz CT molecular complexity index is 523. The lowest BCUT2D eigenvalue weighted by atomic mass is 9.74. The van der Waals surface area contributed by atoms with Crippen LogP contribution in [0.1, 0.15) is 36.4 Å². The van der Waals surface area contributed by atoms with Crippen molar-refractivity contribution in [1.29, 1.82) is 0 Å². The van der Waals surface area contributed by atoms with Crippen molar-refractivity contribution in [2.24, 2.45) is 5.73 Å². The van der Waals surface area contributed by atoms with Crippen LogP contribution < -0.4 is 5.73 Å². The second kappa shape index (κ2) is 7.42. The van der Waals surface area contributed by atoms with E-state index in [0.717, 1.165) is 24.0 Å². The van der Waals surface area contributed by atoms with E-state index in [9.17, 15) is 4.79 Å². The third-order valence-electron chi connectivity index (χ3n) is 4.23. The molecule has 1 heterocycles. The summed E-state index contributed by atoms with van der Waals surface area (Å²) in [6.45, 7) is 1.92. The molecule has 1 aliphatic heterocycles. The fourth-order valence-corrected chi connectivity index (χ4v) is 3.24. The highest BCUT2D eigenvalue weighted by Crippen LogP contribution is 2.37. The Balaban J connectivity index is 2.36. The summed E-state index contributed by atoms with van der Waals surface area (Å²) in [5, 5.41) is 9.48. The number of ether oxygens (including phenoxy) is 2. The molecule has 1 aromatic carbocycles. The van der Waals surface area contributed by atoms with Crippen LogP contribution in [0.3, 0.4) is 0 Å². The molecule has 0 radical (unpaired) electrons. The van der Waals surface area contributed by atoms with Crippen molar-refractivity contribution >= 4 is 17.6 Å². The van der Waals surface area contributed by atoms with Gasteiger partial charge in [-0.15, -0.1) is 0 Å². The van der Waals surface area contributed by atoms with E-state index in [1.54, 1.807) is 13.2 Å². The predicted octanol–water partition coefficient (Wildman–Crippen LogP) is 2.51. The van der Waals surface area contributed by atoms with Gasteiger partial charge in [-0.2, -0.15) is 0 Å². The van der Waals surface area contributed by atoms with Gasteiger partial charge in [-0.3, -0.25) is 4.79 Å². The van der Waals surface area contributed by atoms with E-state index in [1.807, 2.05) is 12.1 Å². The summed E-state index contributed by atoms with van der Waals surface area (Å²) in [6, 6.07) is 5.04. The smallest absolute Gasteiger partial charge is 0.305 e. The number of benzene rings is 1. The van der Waals surface area contributed by atoms with E-state index in [0.29, 0.717) is 24.8 Å². The fraction of sp³-hybridized carbons (Fsp3) is 0.562. The third-order valence-corrected chi connectivity index (χ3v) is 4.44. The Kier molecular flexibility index (Phi) is 5.81. The lowest BCUT2D eigenvalue weighted by Gasteiger charge is -2.37. The van der Waals surface area contributed by atoms with Crippen molar-refractivity contribution in [1.82, 2.24) is 0 Å². The summed E-state index contributed by atoms with van der Waals surface area (Å²) in [5.74, 6) is -0.924. The Morgan fingerprint density at radius 2 is 2.14 bits per heavy atom. The van der Waals surface area contributed by atoms with Crippen LogP contribution in [0.2, 0.25) is 5.02 Å². The molecule has 0 unspecified atom stereocenters. The van der Waals surface area contributed by atoms with E-state index in [4.69, 9.17) is 31.9 Å². The molecule has 1 atom stereocenters. The topological polar surface area (TPSA) is 81.8 Å². The van der Waals surface area contributed by atoms with Gasteiger partial charge in [0.1, 0.15) is 0 Å². The number of aliphatic carboxylic acids is 1. The molecule has 2 rings (SSSR count).